The normalized spacial score (nSPS) is 17.1. The zero-order valence-corrected chi connectivity index (χ0v) is 16.5. The number of fused-ring (bicyclic) bond motifs is 2. The number of aliphatic carboxylic acids is 1. The first-order chi connectivity index (χ1) is 14.5. The summed E-state index contributed by atoms with van der Waals surface area (Å²) < 4.78 is 13.2. The van der Waals surface area contributed by atoms with Crippen molar-refractivity contribution >= 4 is 11.9 Å². The molecule has 4 heterocycles. The second-order valence-corrected chi connectivity index (χ2v) is 7.43. The van der Waals surface area contributed by atoms with Gasteiger partial charge in [0.25, 0.3) is 5.91 Å². The van der Waals surface area contributed by atoms with Gasteiger partial charge in [0.15, 0.2) is 17.5 Å². The Labute approximate surface area is 171 Å². The Hall–Kier alpha value is -3.75. The number of aromatic nitrogens is 3. The monoisotopic (exact) mass is 408 g/mol. The van der Waals surface area contributed by atoms with Crippen molar-refractivity contribution < 1.29 is 24.2 Å². The lowest BCUT2D eigenvalue weighted by Gasteiger charge is -2.22. The van der Waals surface area contributed by atoms with Crippen LogP contribution in [0.1, 0.15) is 39.0 Å². The van der Waals surface area contributed by atoms with E-state index in [1.165, 1.54) is 11.1 Å². The summed E-state index contributed by atoms with van der Waals surface area (Å²) in [7, 11) is 0. The van der Waals surface area contributed by atoms with E-state index in [1.807, 2.05) is 36.6 Å². The molecule has 0 saturated carbocycles. The molecule has 0 saturated heterocycles. The highest BCUT2D eigenvalue weighted by atomic mass is 16.6. The zero-order valence-electron chi connectivity index (χ0n) is 16.5. The lowest BCUT2D eigenvalue weighted by atomic mass is 10.1. The second kappa shape index (κ2) is 6.65. The van der Waals surface area contributed by atoms with E-state index in [0.717, 1.165) is 17.1 Å². The number of nitrogens with one attached hydrogen (secondary N) is 1. The van der Waals surface area contributed by atoms with E-state index in [1.54, 1.807) is 6.07 Å². The predicted molar refractivity (Wildman–Crippen MR) is 105 cm³/mol. The third-order valence-electron chi connectivity index (χ3n) is 5.63. The molecule has 0 bridgehead atoms. The van der Waals surface area contributed by atoms with Crippen molar-refractivity contribution in [3.63, 3.8) is 0 Å². The van der Waals surface area contributed by atoms with Crippen molar-refractivity contribution in [2.75, 3.05) is 13.2 Å². The van der Waals surface area contributed by atoms with Gasteiger partial charge in [-0.3, -0.25) is 9.89 Å². The highest BCUT2D eigenvalue weighted by molar-refractivity contribution is 5.99. The fraction of sp³-hybridized carbons (Fsp3) is 0.286. The number of aromatic amines is 1. The molecule has 154 valence electrons. The van der Waals surface area contributed by atoms with Gasteiger partial charge < -0.3 is 24.0 Å². The van der Waals surface area contributed by atoms with Gasteiger partial charge in [-0.2, -0.15) is 5.10 Å². The number of aryl methyl sites for hydroxylation is 1. The van der Waals surface area contributed by atoms with Crippen LogP contribution >= 0.6 is 0 Å². The van der Waals surface area contributed by atoms with E-state index in [2.05, 4.69) is 10.2 Å². The Morgan fingerprint density at radius 1 is 1.17 bits per heavy atom. The van der Waals surface area contributed by atoms with Crippen LogP contribution in [0.5, 0.6) is 11.5 Å². The lowest BCUT2D eigenvalue weighted by Crippen LogP contribution is -2.34. The summed E-state index contributed by atoms with van der Waals surface area (Å²) >= 11 is 0. The predicted octanol–water partition coefficient (Wildman–Crippen LogP) is 2.37. The second-order valence-electron chi connectivity index (χ2n) is 7.43. The van der Waals surface area contributed by atoms with E-state index < -0.39 is 12.0 Å². The van der Waals surface area contributed by atoms with Gasteiger partial charge in [0.2, 0.25) is 0 Å². The van der Waals surface area contributed by atoms with Gasteiger partial charge in [0.05, 0.1) is 24.0 Å². The number of nitrogens with zero attached hydrogens (tertiary/aromatic N) is 3. The molecule has 30 heavy (non-hydrogen) atoms. The summed E-state index contributed by atoms with van der Waals surface area (Å²) in [5.74, 6) is -0.0523. The van der Waals surface area contributed by atoms with E-state index >= 15 is 0 Å². The minimum absolute atomic E-state index is 0.179. The number of carboxylic acids is 1. The van der Waals surface area contributed by atoms with Crippen molar-refractivity contribution in [1.82, 2.24) is 19.7 Å². The molecule has 0 radical (unpaired) electrons. The summed E-state index contributed by atoms with van der Waals surface area (Å²) in [4.78, 5) is 26.6. The molecule has 0 fully saturated rings. The molecule has 2 aliphatic rings. The van der Waals surface area contributed by atoms with Crippen LogP contribution in [0.3, 0.4) is 0 Å². The van der Waals surface area contributed by atoms with Crippen LogP contribution in [-0.2, 0) is 11.3 Å². The molecule has 9 nitrogen and oxygen atoms in total. The lowest BCUT2D eigenvalue weighted by molar-refractivity contribution is -0.142. The average molecular weight is 408 g/mol. The highest BCUT2D eigenvalue weighted by Gasteiger charge is 2.41. The Balaban J connectivity index is 1.52. The van der Waals surface area contributed by atoms with Crippen molar-refractivity contribution in [3.8, 4) is 17.2 Å². The van der Waals surface area contributed by atoms with E-state index in [0.29, 0.717) is 41.5 Å². The molecule has 1 unspecified atom stereocenters. The van der Waals surface area contributed by atoms with E-state index in [9.17, 15) is 14.7 Å². The Morgan fingerprint density at radius 3 is 2.70 bits per heavy atom. The first-order valence-corrected chi connectivity index (χ1v) is 9.60. The number of benzene rings is 1. The molecule has 9 heteroatoms. The Bertz CT molecular complexity index is 1180. The number of carbonyl (C=O) groups is 2. The molecular weight excluding hydrogens is 388 g/mol. The fourth-order valence-electron chi connectivity index (χ4n) is 4.27. The van der Waals surface area contributed by atoms with Crippen molar-refractivity contribution in [2.24, 2.45) is 0 Å². The molecule has 2 N–H and O–H groups in total. The van der Waals surface area contributed by atoms with Gasteiger partial charge in [-0.15, -0.1) is 0 Å². The molecule has 1 aromatic carbocycles. The van der Waals surface area contributed by atoms with Gasteiger partial charge in [-0.25, -0.2) is 4.79 Å². The maximum absolute atomic E-state index is 13.3. The molecule has 5 rings (SSSR count). The number of rotatable bonds is 3. The number of H-pyrrole nitrogens is 1. The van der Waals surface area contributed by atoms with E-state index in [-0.39, 0.29) is 12.5 Å². The number of hydrogen-bond donors (Lipinski definition) is 2. The number of carbonyl (C=O) groups excluding carboxylic acids is 1. The van der Waals surface area contributed by atoms with Crippen LogP contribution in [0.25, 0.3) is 5.69 Å². The smallest absolute Gasteiger partial charge is 0.331 e. The van der Waals surface area contributed by atoms with Crippen molar-refractivity contribution in [3.05, 3.63) is 58.7 Å². The summed E-state index contributed by atoms with van der Waals surface area (Å²) in [6.07, 6.45) is 1.47. The average Bonchev–Trinajstić information content (AvgIpc) is 3.39. The molecule has 0 spiro atoms. The maximum Gasteiger partial charge on any atom is 0.331 e. The van der Waals surface area contributed by atoms with Crippen molar-refractivity contribution in [1.29, 1.82) is 0 Å². The standard InChI is InChI=1S/C21H20N4O5/c1-11-7-14(20(26)24-10-16-15(9-22-23-16)19(24)21(27)28)12(2)25(11)13-3-4-17-18(8-13)30-6-5-29-17/h3-4,7-9,19H,5-6,10H2,1-2H3,(H,22,23)(H,27,28). The highest BCUT2D eigenvalue weighted by Crippen LogP contribution is 2.36. The molecule has 1 amide bonds. The summed E-state index contributed by atoms with van der Waals surface area (Å²) in [5, 5.41) is 16.4. The zero-order chi connectivity index (χ0) is 21.0. The first-order valence-electron chi connectivity index (χ1n) is 9.60. The quantitative estimate of drug-likeness (QED) is 0.689. The molecular formula is C21H20N4O5. The number of carboxylic acid groups (broad SMARTS) is 1. The summed E-state index contributed by atoms with van der Waals surface area (Å²) in [6.45, 7) is 4.95. The fourth-order valence-corrected chi connectivity index (χ4v) is 4.27. The van der Waals surface area contributed by atoms with Gasteiger partial charge in [0.1, 0.15) is 13.2 Å². The number of amides is 1. The molecule has 0 aliphatic carbocycles. The van der Waals surface area contributed by atoms with Crippen LogP contribution in [0.4, 0.5) is 0 Å². The van der Waals surface area contributed by atoms with Crippen LogP contribution in [0.2, 0.25) is 0 Å². The SMILES string of the molecule is Cc1cc(C(=O)N2Cc3[nH]ncc3C2C(=O)O)c(C)n1-c1ccc2c(c1)OCCO2. The minimum atomic E-state index is -1.08. The minimum Gasteiger partial charge on any atom is -0.486 e. The Morgan fingerprint density at radius 2 is 1.93 bits per heavy atom. The largest absolute Gasteiger partial charge is 0.486 e. The summed E-state index contributed by atoms with van der Waals surface area (Å²) in [5.41, 5.74) is 4.07. The third-order valence-corrected chi connectivity index (χ3v) is 5.63. The van der Waals surface area contributed by atoms with Gasteiger partial charge in [-0.05, 0) is 32.0 Å². The van der Waals surface area contributed by atoms with E-state index in [4.69, 9.17) is 9.47 Å². The molecule has 3 aromatic rings. The van der Waals surface area contributed by atoms with Crippen LogP contribution in [0.15, 0.2) is 30.5 Å². The van der Waals surface area contributed by atoms with Crippen LogP contribution in [-0.4, -0.2) is 49.9 Å². The topological polar surface area (TPSA) is 110 Å². The maximum atomic E-state index is 13.3. The van der Waals surface area contributed by atoms with Crippen LogP contribution in [0, 0.1) is 13.8 Å². The number of ether oxygens (including phenoxy) is 2. The van der Waals surface area contributed by atoms with Gasteiger partial charge in [0, 0.05) is 28.7 Å². The Kier molecular flexibility index (Phi) is 4.05. The summed E-state index contributed by atoms with van der Waals surface area (Å²) in [6, 6.07) is 6.38. The molecule has 2 aromatic heterocycles. The first kappa shape index (κ1) is 18.3. The number of hydrogen-bond acceptors (Lipinski definition) is 5. The van der Waals surface area contributed by atoms with Gasteiger partial charge >= 0.3 is 5.97 Å². The molecule has 2 aliphatic heterocycles. The van der Waals surface area contributed by atoms with Gasteiger partial charge in [-0.1, -0.05) is 0 Å². The van der Waals surface area contributed by atoms with Crippen molar-refractivity contribution in [2.45, 2.75) is 26.4 Å². The van der Waals surface area contributed by atoms with Crippen LogP contribution < -0.4 is 9.47 Å². The molecule has 1 atom stereocenters. The third kappa shape index (κ3) is 2.66.